The van der Waals surface area contributed by atoms with E-state index in [2.05, 4.69) is 19.2 Å². The molecule has 0 aromatic heterocycles. The second kappa shape index (κ2) is 4.97. The number of nitrogens with two attached hydrogens (primary N) is 1. The van der Waals surface area contributed by atoms with Crippen LogP contribution in [0.1, 0.15) is 52.4 Å². The molecule has 0 aliphatic heterocycles. The number of carbonyl (C=O) groups excluding carboxylic acids is 1. The lowest BCUT2D eigenvalue weighted by molar-refractivity contribution is -0.127. The first-order valence-electron chi connectivity index (χ1n) is 7.05. The van der Waals surface area contributed by atoms with Crippen molar-refractivity contribution in [2.24, 2.45) is 23.0 Å². The number of carbonyl (C=O) groups is 1. The number of amides is 1. The molecule has 0 bridgehead atoms. The Bertz CT molecular complexity index is 288. The fourth-order valence-corrected chi connectivity index (χ4v) is 3.54. The Labute approximate surface area is 105 Å². The van der Waals surface area contributed by atoms with Crippen LogP contribution in [0.4, 0.5) is 0 Å². The summed E-state index contributed by atoms with van der Waals surface area (Å²) in [5, 5.41) is 3.28. The van der Waals surface area contributed by atoms with Crippen molar-refractivity contribution < 1.29 is 4.79 Å². The highest BCUT2D eigenvalue weighted by molar-refractivity contribution is 5.79. The molecule has 3 N–H and O–H groups in total. The summed E-state index contributed by atoms with van der Waals surface area (Å²) in [4.78, 5) is 12.3. The van der Waals surface area contributed by atoms with Gasteiger partial charge in [-0.25, -0.2) is 0 Å². The Morgan fingerprint density at radius 1 is 1.29 bits per heavy atom. The third kappa shape index (κ3) is 2.65. The van der Waals surface area contributed by atoms with E-state index in [-0.39, 0.29) is 17.2 Å². The van der Waals surface area contributed by atoms with E-state index in [1.54, 1.807) is 0 Å². The summed E-state index contributed by atoms with van der Waals surface area (Å²) in [6.07, 6.45) is 6.92. The minimum absolute atomic E-state index is 0.177. The summed E-state index contributed by atoms with van der Waals surface area (Å²) < 4.78 is 0. The van der Waals surface area contributed by atoms with Crippen LogP contribution in [0.25, 0.3) is 0 Å². The van der Waals surface area contributed by atoms with Crippen LogP contribution in [0.2, 0.25) is 0 Å². The fraction of sp³-hybridized carbons (Fsp3) is 0.929. The molecule has 2 aliphatic rings. The van der Waals surface area contributed by atoms with Crippen LogP contribution in [0.3, 0.4) is 0 Å². The predicted octanol–water partition coefficient (Wildman–Crippen LogP) is 2.06. The molecule has 2 fully saturated rings. The first-order valence-corrected chi connectivity index (χ1v) is 7.05. The second-order valence-corrected chi connectivity index (χ2v) is 6.48. The Morgan fingerprint density at radius 3 is 2.65 bits per heavy atom. The molecule has 0 radical (unpaired) electrons. The van der Waals surface area contributed by atoms with Crippen molar-refractivity contribution in [2.75, 3.05) is 6.54 Å². The monoisotopic (exact) mass is 238 g/mol. The molecule has 17 heavy (non-hydrogen) atoms. The maximum atomic E-state index is 12.3. The largest absolute Gasteiger partial charge is 0.353 e. The van der Waals surface area contributed by atoms with Gasteiger partial charge in [0.1, 0.15) is 0 Å². The smallest absolute Gasteiger partial charge is 0.223 e. The molecular formula is C14H26N2O. The van der Waals surface area contributed by atoms with Crippen molar-refractivity contribution >= 4 is 5.91 Å². The highest BCUT2D eigenvalue weighted by Gasteiger charge is 2.38. The van der Waals surface area contributed by atoms with Crippen molar-refractivity contribution in [3.63, 3.8) is 0 Å². The molecule has 98 valence electrons. The molecule has 3 atom stereocenters. The molecule has 0 aromatic carbocycles. The molecule has 0 spiro atoms. The number of hydrogen-bond donors (Lipinski definition) is 2. The zero-order valence-corrected chi connectivity index (χ0v) is 11.2. The van der Waals surface area contributed by atoms with Gasteiger partial charge in [-0.3, -0.25) is 4.79 Å². The van der Waals surface area contributed by atoms with Gasteiger partial charge in [0, 0.05) is 12.0 Å². The normalized spacial score (nSPS) is 36.1. The van der Waals surface area contributed by atoms with E-state index in [0.717, 1.165) is 25.7 Å². The molecule has 3 heteroatoms. The van der Waals surface area contributed by atoms with E-state index in [1.165, 1.54) is 12.8 Å². The highest BCUT2D eigenvalue weighted by Crippen LogP contribution is 2.38. The zero-order chi connectivity index (χ0) is 12.5. The van der Waals surface area contributed by atoms with Crippen molar-refractivity contribution in [1.82, 2.24) is 5.32 Å². The summed E-state index contributed by atoms with van der Waals surface area (Å²) >= 11 is 0. The van der Waals surface area contributed by atoms with Gasteiger partial charge in [0.25, 0.3) is 0 Å². The van der Waals surface area contributed by atoms with Gasteiger partial charge in [-0.2, -0.15) is 0 Å². The molecule has 1 amide bonds. The van der Waals surface area contributed by atoms with Crippen LogP contribution in [0.15, 0.2) is 0 Å². The molecule has 2 rings (SSSR count). The van der Waals surface area contributed by atoms with Crippen LogP contribution in [0, 0.1) is 17.3 Å². The average molecular weight is 238 g/mol. The Kier molecular flexibility index (Phi) is 3.76. The van der Waals surface area contributed by atoms with Crippen LogP contribution in [0.5, 0.6) is 0 Å². The van der Waals surface area contributed by atoms with Gasteiger partial charge in [-0.15, -0.1) is 0 Å². The molecule has 0 saturated heterocycles. The van der Waals surface area contributed by atoms with Gasteiger partial charge in [-0.05, 0) is 43.6 Å². The number of nitrogens with one attached hydrogen (secondary N) is 1. The van der Waals surface area contributed by atoms with Crippen LogP contribution < -0.4 is 11.1 Å². The predicted molar refractivity (Wildman–Crippen MR) is 69.4 cm³/mol. The average Bonchev–Trinajstić information content (AvgIpc) is 2.85. The second-order valence-electron chi connectivity index (χ2n) is 6.48. The van der Waals surface area contributed by atoms with E-state index in [1.807, 2.05) is 0 Å². The molecule has 3 unspecified atom stereocenters. The van der Waals surface area contributed by atoms with Crippen molar-refractivity contribution in [2.45, 2.75) is 58.4 Å². The lowest BCUT2D eigenvalue weighted by Crippen LogP contribution is -2.45. The fourth-order valence-electron chi connectivity index (χ4n) is 3.54. The summed E-state index contributed by atoms with van der Waals surface area (Å²) in [5.74, 6) is 0.855. The Balaban J connectivity index is 1.93. The first kappa shape index (κ1) is 12.9. The summed E-state index contributed by atoms with van der Waals surface area (Å²) in [7, 11) is 0. The maximum Gasteiger partial charge on any atom is 0.223 e. The molecule has 0 aromatic rings. The minimum Gasteiger partial charge on any atom is -0.353 e. The molecule has 3 nitrogen and oxygen atoms in total. The van der Waals surface area contributed by atoms with Gasteiger partial charge in [0.2, 0.25) is 5.91 Å². The number of hydrogen-bond acceptors (Lipinski definition) is 2. The topological polar surface area (TPSA) is 55.1 Å². The van der Waals surface area contributed by atoms with Crippen molar-refractivity contribution in [3.8, 4) is 0 Å². The van der Waals surface area contributed by atoms with Gasteiger partial charge >= 0.3 is 0 Å². The van der Waals surface area contributed by atoms with E-state index < -0.39 is 0 Å². The first-order chi connectivity index (χ1) is 8.04. The van der Waals surface area contributed by atoms with Crippen molar-refractivity contribution in [1.29, 1.82) is 0 Å². The Morgan fingerprint density at radius 2 is 2.06 bits per heavy atom. The van der Waals surface area contributed by atoms with Gasteiger partial charge < -0.3 is 11.1 Å². The molecule has 2 saturated carbocycles. The van der Waals surface area contributed by atoms with Crippen LogP contribution in [-0.4, -0.2) is 18.5 Å². The lowest BCUT2D eigenvalue weighted by Gasteiger charge is -2.29. The molecular weight excluding hydrogens is 212 g/mol. The summed E-state index contributed by atoms with van der Waals surface area (Å²) in [6.45, 7) is 5.19. The standard InChI is InChI=1S/C14H26N2O/c1-14(2)8-4-7-12(14)16-13(17)11-6-3-5-10(11)9-15/h10-12H,3-9,15H2,1-2H3,(H,16,17). The third-order valence-electron chi connectivity index (χ3n) is 4.87. The third-order valence-corrected chi connectivity index (χ3v) is 4.87. The number of rotatable bonds is 3. The van der Waals surface area contributed by atoms with Crippen LogP contribution >= 0.6 is 0 Å². The van der Waals surface area contributed by atoms with E-state index in [4.69, 9.17) is 5.73 Å². The quantitative estimate of drug-likeness (QED) is 0.790. The maximum absolute atomic E-state index is 12.3. The zero-order valence-electron chi connectivity index (χ0n) is 11.2. The highest BCUT2D eigenvalue weighted by atomic mass is 16.2. The van der Waals surface area contributed by atoms with Gasteiger partial charge in [-0.1, -0.05) is 26.7 Å². The van der Waals surface area contributed by atoms with E-state index in [0.29, 0.717) is 18.5 Å². The molecule has 2 aliphatic carbocycles. The van der Waals surface area contributed by atoms with E-state index >= 15 is 0 Å². The minimum atomic E-state index is 0.177. The van der Waals surface area contributed by atoms with Crippen LogP contribution in [-0.2, 0) is 4.79 Å². The van der Waals surface area contributed by atoms with Gasteiger partial charge in [0.05, 0.1) is 0 Å². The summed E-state index contributed by atoms with van der Waals surface area (Å²) in [6, 6.07) is 0.369. The van der Waals surface area contributed by atoms with Crippen molar-refractivity contribution in [3.05, 3.63) is 0 Å². The SMILES string of the molecule is CC1(C)CCCC1NC(=O)C1CCCC1CN. The molecule has 0 heterocycles. The van der Waals surface area contributed by atoms with E-state index in [9.17, 15) is 4.79 Å². The van der Waals surface area contributed by atoms with Gasteiger partial charge in [0.15, 0.2) is 0 Å². The Hall–Kier alpha value is -0.570. The lowest BCUT2D eigenvalue weighted by atomic mass is 9.86. The summed E-state index contributed by atoms with van der Waals surface area (Å²) in [5.41, 5.74) is 6.01.